The van der Waals surface area contributed by atoms with Crippen molar-refractivity contribution in [3.05, 3.63) is 59.7 Å². The van der Waals surface area contributed by atoms with Crippen molar-refractivity contribution in [3.8, 4) is 5.75 Å². The lowest BCUT2D eigenvalue weighted by molar-refractivity contribution is -0.141. The van der Waals surface area contributed by atoms with Crippen LogP contribution in [-0.2, 0) is 26.2 Å². The number of sulfonamides is 1. The largest absolute Gasteiger partial charge is 0.495 e. The molecule has 2 aromatic carbocycles. The van der Waals surface area contributed by atoms with Crippen molar-refractivity contribution in [1.82, 2.24) is 10.2 Å². The number of nitrogens with one attached hydrogen (secondary N) is 1. The maximum Gasteiger partial charge on any atom is 0.242 e. The van der Waals surface area contributed by atoms with Crippen molar-refractivity contribution >= 4 is 27.5 Å². The average molecular weight is 518 g/mol. The van der Waals surface area contributed by atoms with Gasteiger partial charge in [-0.05, 0) is 64.3 Å². The molecule has 0 radical (unpaired) electrons. The van der Waals surface area contributed by atoms with Crippen molar-refractivity contribution in [2.75, 3.05) is 24.2 Å². The third kappa shape index (κ3) is 8.26. The number of benzene rings is 2. The lowest BCUT2D eigenvalue weighted by Gasteiger charge is -2.32. The Morgan fingerprint density at radius 2 is 1.67 bits per heavy atom. The van der Waals surface area contributed by atoms with Gasteiger partial charge in [-0.1, -0.05) is 36.4 Å². The first-order valence-electron chi connectivity index (χ1n) is 12.0. The molecule has 2 amide bonds. The molecule has 8 nitrogen and oxygen atoms in total. The number of aryl methyl sites for hydroxylation is 1. The fourth-order valence-electron chi connectivity index (χ4n) is 3.85. The molecule has 0 aliphatic heterocycles. The van der Waals surface area contributed by atoms with Gasteiger partial charge in [-0.2, -0.15) is 0 Å². The van der Waals surface area contributed by atoms with Gasteiger partial charge in [0.1, 0.15) is 11.8 Å². The molecule has 36 heavy (non-hydrogen) atoms. The van der Waals surface area contributed by atoms with Gasteiger partial charge >= 0.3 is 0 Å². The molecule has 2 aromatic rings. The van der Waals surface area contributed by atoms with E-state index in [9.17, 15) is 18.0 Å². The maximum absolute atomic E-state index is 13.4. The van der Waals surface area contributed by atoms with Crippen LogP contribution in [0, 0.1) is 6.92 Å². The number of carbonyl (C=O) groups excluding carboxylic acids is 2. The van der Waals surface area contributed by atoms with Gasteiger partial charge in [-0.3, -0.25) is 13.9 Å². The van der Waals surface area contributed by atoms with Crippen LogP contribution >= 0.6 is 0 Å². The second-order valence-electron chi connectivity index (χ2n) is 9.97. The fraction of sp³-hybridized carbons (Fsp3) is 0.481. The highest BCUT2D eigenvalue weighted by Gasteiger charge is 2.29. The van der Waals surface area contributed by atoms with E-state index >= 15 is 0 Å². The van der Waals surface area contributed by atoms with Crippen molar-refractivity contribution in [1.29, 1.82) is 0 Å². The molecule has 9 heteroatoms. The Balaban J connectivity index is 2.23. The van der Waals surface area contributed by atoms with Gasteiger partial charge in [0.05, 0.1) is 19.1 Å². The third-order valence-corrected chi connectivity index (χ3v) is 6.95. The molecule has 0 aliphatic carbocycles. The number of nitrogens with zero attached hydrogens (tertiary/aromatic N) is 2. The van der Waals surface area contributed by atoms with Crippen molar-refractivity contribution < 1.29 is 22.7 Å². The van der Waals surface area contributed by atoms with E-state index < -0.39 is 21.6 Å². The normalized spacial score (nSPS) is 12.5. The topological polar surface area (TPSA) is 96.0 Å². The third-order valence-electron chi connectivity index (χ3n) is 5.77. The van der Waals surface area contributed by atoms with E-state index in [1.54, 1.807) is 36.1 Å². The standard InChI is InChI=1S/C27H39N3O5S/c1-20-13-8-9-14-22(20)19-29(21(2)26(32)28-27(3,4)5)25(31)17-12-18-30(36(7,33)34)23-15-10-11-16-24(23)35-6/h8-11,13-16,21H,12,17-19H2,1-7H3,(H,28,32)/t21-/m0/s1. The minimum absolute atomic E-state index is 0.0835. The van der Waals surface area contributed by atoms with Gasteiger partial charge in [-0.25, -0.2) is 8.42 Å². The first-order valence-corrected chi connectivity index (χ1v) is 13.9. The van der Waals surface area contributed by atoms with Gasteiger partial charge in [0.15, 0.2) is 0 Å². The second kappa shape index (κ2) is 12.3. The molecule has 1 atom stereocenters. The van der Waals surface area contributed by atoms with Gasteiger partial charge < -0.3 is 15.0 Å². The summed E-state index contributed by atoms with van der Waals surface area (Å²) in [7, 11) is -2.13. The number of methoxy groups -OCH3 is 1. The summed E-state index contributed by atoms with van der Waals surface area (Å²) in [5, 5.41) is 2.95. The highest BCUT2D eigenvalue weighted by Crippen LogP contribution is 2.29. The number of amides is 2. The zero-order valence-electron chi connectivity index (χ0n) is 22.4. The zero-order chi connectivity index (χ0) is 27.1. The molecule has 0 unspecified atom stereocenters. The highest BCUT2D eigenvalue weighted by atomic mass is 32.2. The van der Waals surface area contributed by atoms with Crippen LogP contribution in [0.2, 0.25) is 0 Å². The summed E-state index contributed by atoms with van der Waals surface area (Å²) in [5.41, 5.74) is 1.96. The van der Waals surface area contributed by atoms with Crippen molar-refractivity contribution in [2.24, 2.45) is 0 Å². The molecular weight excluding hydrogens is 478 g/mol. The van der Waals surface area contributed by atoms with E-state index in [1.165, 1.54) is 11.4 Å². The molecule has 2 rings (SSSR count). The van der Waals surface area contributed by atoms with Crippen LogP contribution in [0.25, 0.3) is 0 Å². The van der Waals surface area contributed by atoms with Crippen LogP contribution in [0.4, 0.5) is 5.69 Å². The molecule has 1 N–H and O–H groups in total. The zero-order valence-corrected chi connectivity index (χ0v) is 23.2. The number of para-hydroxylation sites is 2. The van der Waals surface area contributed by atoms with E-state index in [0.717, 1.165) is 17.4 Å². The monoisotopic (exact) mass is 517 g/mol. The second-order valence-corrected chi connectivity index (χ2v) is 11.9. The number of hydrogen-bond donors (Lipinski definition) is 1. The Morgan fingerprint density at radius 3 is 2.25 bits per heavy atom. The van der Waals surface area contributed by atoms with Crippen LogP contribution in [0.15, 0.2) is 48.5 Å². The lowest BCUT2D eigenvalue weighted by Crippen LogP contribution is -2.52. The minimum Gasteiger partial charge on any atom is -0.495 e. The van der Waals surface area contributed by atoms with E-state index in [0.29, 0.717) is 11.4 Å². The molecule has 198 valence electrons. The molecule has 0 saturated heterocycles. The summed E-state index contributed by atoms with van der Waals surface area (Å²) < 4.78 is 31.7. The average Bonchev–Trinajstić information content (AvgIpc) is 2.79. The van der Waals surface area contributed by atoms with Crippen LogP contribution in [-0.4, -0.2) is 56.6 Å². The quantitative estimate of drug-likeness (QED) is 0.488. The highest BCUT2D eigenvalue weighted by molar-refractivity contribution is 7.92. The summed E-state index contributed by atoms with van der Waals surface area (Å²) in [6.45, 7) is 9.75. The fourth-order valence-corrected chi connectivity index (χ4v) is 4.81. The molecule has 0 fully saturated rings. The Morgan fingerprint density at radius 1 is 1.06 bits per heavy atom. The van der Waals surface area contributed by atoms with Gasteiger partial charge in [0.2, 0.25) is 21.8 Å². The Bertz CT molecular complexity index is 1160. The summed E-state index contributed by atoms with van der Waals surface area (Å²) >= 11 is 0. The van der Waals surface area contributed by atoms with Gasteiger partial charge in [0, 0.05) is 25.0 Å². The van der Waals surface area contributed by atoms with E-state index in [2.05, 4.69) is 5.32 Å². The van der Waals surface area contributed by atoms with Gasteiger partial charge in [-0.15, -0.1) is 0 Å². The predicted octanol–water partition coefficient (Wildman–Crippen LogP) is 3.88. The van der Waals surface area contributed by atoms with E-state index in [4.69, 9.17) is 4.74 Å². The van der Waals surface area contributed by atoms with Crippen LogP contribution < -0.4 is 14.4 Å². The van der Waals surface area contributed by atoms with E-state index in [1.807, 2.05) is 52.0 Å². The number of carbonyl (C=O) groups is 2. The maximum atomic E-state index is 13.4. The predicted molar refractivity (Wildman–Crippen MR) is 144 cm³/mol. The molecule has 0 spiro atoms. The SMILES string of the molecule is COc1ccccc1N(CCCC(=O)N(Cc1ccccc1C)[C@@H](C)C(=O)NC(C)(C)C)S(C)(=O)=O. The van der Waals surface area contributed by atoms with Crippen molar-refractivity contribution in [3.63, 3.8) is 0 Å². The number of rotatable bonds is 11. The minimum atomic E-state index is -3.61. The summed E-state index contributed by atoms with van der Waals surface area (Å²) in [6.07, 6.45) is 1.49. The molecule has 0 saturated carbocycles. The van der Waals surface area contributed by atoms with Crippen LogP contribution in [0.3, 0.4) is 0 Å². The Kier molecular flexibility index (Phi) is 9.93. The summed E-state index contributed by atoms with van der Waals surface area (Å²) in [5.74, 6) is -0.0255. The first-order chi connectivity index (χ1) is 16.7. The molecule has 0 heterocycles. The summed E-state index contributed by atoms with van der Waals surface area (Å²) in [6, 6.07) is 13.9. The Hall–Kier alpha value is -3.07. The number of ether oxygens (including phenoxy) is 1. The van der Waals surface area contributed by atoms with E-state index in [-0.39, 0.29) is 37.7 Å². The van der Waals surface area contributed by atoms with Crippen LogP contribution in [0.5, 0.6) is 5.75 Å². The number of anilines is 1. The lowest BCUT2D eigenvalue weighted by atomic mass is 10.1. The molecule has 0 bridgehead atoms. The molecule has 0 aliphatic rings. The molecule has 0 aromatic heterocycles. The van der Waals surface area contributed by atoms with Crippen LogP contribution in [0.1, 0.15) is 51.7 Å². The Labute approximate surface area is 215 Å². The number of hydrogen-bond acceptors (Lipinski definition) is 5. The first kappa shape index (κ1) is 29.2. The molecular formula is C27H39N3O5S. The van der Waals surface area contributed by atoms with Crippen molar-refractivity contribution in [2.45, 2.75) is 65.6 Å². The smallest absolute Gasteiger partial charge is 0.242 e. The summed E-state index contributed by atoms with van der Waals surface area (Å²) in [4.78, 5) is 27.9. The van der Waals surface area contributed by atoms with Gasteiger partial charge in [0.25, 0.3) is 0 Å².